The van der Waals surface area contributed by atoms with Gasteiger partial charge >= 0.3 is 6.03 Å². The third-order valence-electron chi connectivity index (χ3n) is 3.46. The first kappa shape index (κ1) is 12.5. The second-order valence-electron chi connectivity index (χ2n) is 4.69. The number of benzene rings is 2. The van der Waals surface area contributed by atoms with Crippen molar-refractivity contribution in [3.05, 3.63) is 61.3 Å². The van der Waals surface area contributed by atoms with Gasteiger partial charge in [-0.05, 0) is 24.4 Å². The maximum atomic E-state index is 12.7. The monoisotopic (exact) mass is 264 g/mol. The van der Waals surface area contributed by atoms with Gasteiger partial charge in [-0.1, -0.05) is 36.4 Å². The Morgan fingerprint density at radius 1 is 1.15 bits per heavy atom. The van der Waals surface area contributed by atoms with E-state index in [0.29, 0.717) is 6.54 Å². The van der Waals surface area contributed by atoms with Crippen molar-refractivity contribution in [2.45, 2.75) is 6.92 Å². The molecular formula is C17H16N2O. The smallest absolute Gasteiger partial charge is 0.289 e. The van der Waals surface area contributed by atoms with E-state index in [1.54, 1.807) is 15.9 Å². The number of hydrogen-bond acceptors (Lipinski definition) is 1. The fourth-order valence-electron chi connectivity index (χ4n) is 2.66. The van der Waals surface area contributed by atoms with Gasteiger partial charge in [-0.15, -0.1) is 6.58 Å². The van der Waals surface area contributed by atoms with E-state index in [0.717, 1.165) is 22.1 Å². The Morgan fingerprint density at radius 2 is 1.85 bits per heavy atom. The SMILES string of the molecule is C=CCN1C(=O)N(/C=C\C)c2cccc3cccc1c23. The van der Waals surface area contributed by atoms with Crippen LogP contribution < -0.4 is 9.80 Å². The zero-order valence-electron chi connectivity index (χ0n) is 11.4. The fraction of sp³-hybridized carbons (Fsp3) is 0.118. The molecule has 1 aliphatic heterocycles. The summed E-state index contributed by atoms with van der Waals surface area (Å²) in [5.74, 6) is 0. The third kappa shape index (κ3) is 1.71. The molecule has 20 heavy (non-hydrogen) atoms. The molecular weight excluding hydrogens is 248 g/mol. The minimum atomic E-state index is -0.0470. The average Bonchev–Trinajstić information content (AvgIpc) is 2.48. The predicted molar refractivity (Wildman–Crippen MR) is 84.2 cm³/mol. The molecule has 0 atom stereocenters. The molecule has 0 saturated carbocycles. The first-order valence-electron chi connectivity index (χ1n) is 6.64. The van der Waals surface area contributed by atoms with E-state index in [2.05, 4.69) is 18.7 Å². The van der Waals surface area contributed by atoms with E-state index >= 15 is 0 Å². The van der Waals surface area contributed by atoms with E-state index in [9.17, 15) is 4.79 Å². The molecule has 0 unspecified atom stereocenters. The number of allylic oxidation sites excluding steroid dienone is 1. The van der Waals surface area contributed by atoms with Crippen LogP contribution in [-0.4, -0.2) is 12.6 Å². The van der Waals surface area contributed by atoms with Crippen molar-refractivity contribution < 1.29 is 4.79 Å². The number of carbonyl (C=O) groups is 1. The van der Waals surface area contributed by atoms with Crippen LogP contribution in [0, 0.1) is 0 Å². The highest BCUT2D eigenvalue weighted by Crippen LogP contribution is 2.40. The van der Waals surface area contributed by atoms with Crippen molar-refractivity contribution in [1.29, 1.82) is 0 Å². The predicted octanol–water partition coefficient (Wildman–Crippen LogP) is 4.31. The summed E-state index contributed by atoms with van der Waals surface area (Å²) in [5, 5.41) is 2.24. The maximum absolute atomic E-state index is 12.7. The second-order valence-corrected chi connectivity index (χ2v) is 4.69. The minimum absolute atomic E-state index is 0.0470. The van der Waals surface area contributed by atoms with Crippen molar-refractivity contribution in [3.8, 4) is 0 Å². The van der Waals surface area contributed by atoms with E-state index in [1.165, 1.54) is 0 Å². The van der Waals surface area contributed by atoms with Crippen LogP contribution >= 0.6 is 0 Å². The molecule has 2 amide bonds. The van der Waals surface area contributed by atoms with Crippen LogP contribution in [0.3, 0.4) is 0 Å². The summed E-state index contributed by atoms with van der Waals surface area (Å²) in [6.07, 6.45) is 5.43. The minimum Gasteiger partial charge on any atom is -0.289 e. The largest absolute Gasteiger partial charge is 0.333 e. The van der Waals surface area contributed by atoms with E-state index in [4.69, 9.17) is 0 Å². The zero-order valence-corrected chi connectivity index (χ0v) is 11.4. The maximum Gasteiger partial charge on any atom is 0.333 e. The Bertz CT molecular complexity index is 713. The number of rotatable bonds is 3. The standard InChI is InChI=1S/C17H16N2O/c1-3-11-18-14-9-5-7-13-8-6-10-15(16(13)14)19(12-4-2)17(18)20/h3-10,12H,1,11H2,2H3/b12-4-. The number of nitrogens with zero attached hydrogens (tertiary/aromatic N) is 2. The van der Waals surface area contributed by atoms with Crippen molar-refractivity contribution in [2.24, 2.45) is 0 Å². The van der Waals surface area contributed by atoms with E-state index in [1.807, 2.05) is 43.5 Å². The summed E-state index contributed by atoms with van der Waals surface area (Å²) < 4.78 is 0. The van der Waals surface area contributed by atoms with Crippen LogP contribution in [0.25, 0.3) is 10.8 Å². The Balaban J connectivity index is 2.34. The van der Waals surface area contributed by atoms with Gasteiger partial charge in [0.05, 0.1) is 11.4 Å². The lowest BCUT2D eigenvalue weighted by Gasteiger charge is -2.34. The molecule has 0 bridgehead atoms. The van der Waals surface area contributed by atoms with Crippen LogP contribution in [-0.2, 0) is 0 Å². The highest BCUT2D eigenvalue weighted by atomic mass is 16.2. The highest BCUT2D eigenvalue weighted by molar-refractivity contribution is 6.20. The highest BCUT2D eigenvalue weighted by Gasteiger charge is 2.29. The molecule has 1 aliphatic rings. The summed E-state index contributed by atoms with van der Waals surface area (Å²) >= 11 is 0. The van der Waals surface area contributed by atoms with Crippen molar-refractivity contribution in [2.75, 3.05) is 16.3 Å². The van der Waals surface area contributed by atoms with Gasteiger partial charge < -0.3 is 0 Å². The van der Waals surface area contributed by atoms with Gasteiger partial charge in [-0.25, -0.2) is 4.79 Å². The summed E-state index contributed by atoms with van der Waals surface area (Å²) in [6.45, 7) is 6.16. The van der Waals surface area contributed by atoms with Crippen LogP contribution in [0.4, 0.5) is 16.2 Å². The van der Waals surface area contributed by atoms with Crippen LogP contribution in [0.2, 0.25) is 0 Å². The molecule has 2 aromatic rings. The molecule has 1 heterocycles. The fourth-order valence-corrected chi connectivity index (χ4v) is 2.66. The zero-order chi connectivity index (χ0) is 14.1. The number of amides is 2. The Kier molecular flexibility index (Phi) is 3.03. The Morgan fingerprint density at radius 3 is 2.50 bits per heavy atom. The van der Waals surface area contributed by atoms with Gasteiger partial charge in [-0.3, -0.25) is 9.80 Å². The summed E-state index contributed by atoms with van der Waals surface area (Å²) in [6, 6.07) is 12.0. The van der Waals surface area contributed by atoms with Crippen LogP contribution in [0.15, 0.2) is 61.3 Å². The van der Waals surface area contributed by atoms with E-state index in [-0.39, 0.29) is 6.03 Å². The lowest BCUT2D eigenvalue weighted by Crippen LogP contribution is -2.43. The topological polar surface area (TPSA) is 23.6 Å². The lowest BCUT2D eigenvalue weighted by atomic mass is 10.0. The molecule has 0 aromatic heterocycles. The molecule has 0 N–H and O–H groups in total. The Labute approximate surface area is 118 Å². The van der Waals surface area contributed by atoms with Crippen LogP contribution in [0.5, 0.6) is 0 Å². The molecule has 0 aliphatic carbocycles. The van der Waals surface area contributed by atoms with Crippen molar-refractivity contribution >= 4 is 28.2 Å². The number of anilines is 2. The van der Waals surface area contributed by atoms with Gasteiger partial charge in [0.2, 0.25) is 0 Å². The Hall–Kier alpha value is -2.55. The normalized spacial score (nSPS) is 14.3. The van der Waals surface area contributed by atoms with Gasteiger partial charge in [0, 0.05) is 18.1 Å². The number of hydrogen-bond donors (Lipinski definition) is 0. The van der Waals surface area contributed by atoms with Gasteiger partial charge in [-0.2, -0.15) is 0 Å². The summed E-state index contributed by atoms with van der Waals surface area (Å²) in [5.41, 5.74) is 1.88. The summed E-state index contributed by atoms with van der Waals surface area (Å²) in [7, 11) is 0. The van der Waals surface area contributed by atoms with Crippen molar-refractivity contribution in [3.63, 3.8) is 0 Å². The molecule has 3 rings (SSSR count). The van der Waals surface area contributed by atoms with E-state index < -0.39 is 0 Å². The molecule has 0 spiro atoms. The molecule has 3 heteroatoms. The van der Waals surface area contributed by atoms with Gasteiger partial charge in [0.15, 0.2) is 0 Å². The van der Waals surface area contributed by atoms with Gasteiger partial charge in [0.1, 0.15) is 0 Å². The molecule has 100 valence electrons. The molecule has 0 saturated heterocycles. The first-order chi connectivity index (χ1) is 9.77. The average molecular weight is 264 g/mol. The molecule has 3 nitrogen and oxygen atoms in total. The summed E-state index contributed by atoms with van der Waals surface area (Å²) in [4.78, 5) is 16.1. The first-order valence-corrected chi connectivity index (χ1v) is 6.64. The molecule has 0 fully saturated rings. The quantitative estimate of drug-likeness (QED) is 0.758. The molecule has 2 aromatic carbocycles. The second kappa shape index (κ2) is 4.85. The lowest BCUT2D eigenvalue weighted by molar-refractivity contribution is 0.253. The third-order valence-corrected chi connectivity index (χ3v) is 3.46. The molecule has 0 radical (unpaired) electrons. The van der Waals surface area contributed by atoms with Crippen LogP contribution in [0.1, 0.15) is 6.92 Å². The van der Waals surface area contributed by atoms with Gasteiger partial charge in [0.25, 0.3) is 0 Å². The number of carbonyl (C=O) groups excluding carboxylic acids is 1. The number of urea groups is 1. The van der Waals surface area contributed by atoms with Crippen molar-refractivity contribution in [1.82, 2.24) is 0 Å².